The summed E-state index contributed by atoms with van der Waals surface area (Å²) in [4.78, 5) is 31.2. The molecule has 3 rings (SSSR count). The molecule has 9 heteroatoms. The van der Waals surface area contributed by atoms with Gasteiger partial charge in [0.2, 0.25) is 0 Å². The Labute approximate surface area is 117 Å². The second kappa shape index (κ2) is 4.94. The fourth-order valence-corrected chi connectivity index (χ4v) is 2.06. The third-order valence-electron chi connectivity index (χ3n) is 2.93. The second-order valence-corrected chi connectivity index (χ2v) is 4.37. The minimum atomic E-state index is -1.09. The monoisotopic (exact) mass is 289 g/mol. The largest absolute Gasteiger partial charge is 0.480 e. The van der Waals surface area contributed by atoms with Crippen molar-refractivity contribution in [2.24, 2.45) is 0 Å². The Hall–Kier alpha value is -2.81. The summed E-state index contributed by atoms with van der Waals surface area (Å²) < 4.78 is 7.50. The highest BCUT2D eigenvalue weighted by Gasteiger charge is 2.12. The molecule has 3 aromatic heterocycles. The van der Waals surface area contributed by atoms with Crippen molar-refractivity contribution >= 4 is 22.6 Å². The molecular formula is C12H11N5O4. The molecular weight excluding hydrogens is 278 g/mol. The number of methoxy groups -OCH3 is 1. The summed E-state index contributed by atoms with van der Waals surface area (Å²) in [6, 6.07) is 1.61. The van der Waals surface area contributed by atoms with E-state index in [4.69, 9.17) is 9.84 Å². The maximum Gasteiger partial charge on any atom is 0.323 e. The minimum Gasteiger partial charge on any atom is -0.480 e. The summed E-state index contributed by atoms with van der Waals surface area (Å²) in [6.07, 6.45) is 2.78. The van der Waals surface area contributed by atoms with Crippen LogP contribution in [0.1, 0.15) is 5.82 Å². The van der Waals surface area contributed by atoms with E-state index < -0.39 is 18.1 Å². The molecule has 9 nitrogen and oxygen atoms in total. The van der Waals surface area contributed by atoms with Crippen molar-refractivity contribution in [1.82, 2.24) is 24.1 Å². The topological polar surface area (TPSA) is 112 Å². The van der Waals surface area contributed by atoms with Crippen LogP contribution in [0.3, 0.4) is 0 Å². The van der Waals surface area contributed by atoms with E-state index in [1.54, 1.807) is 6.07 Å². The smallest absolute Gasteiger partial charge is 0.323 e. The highest BCUT2D eigenvalue weighted by Crippen LogP contribution is 2.10. The lowest BCUT2D eigenvalue weighted by atomic mass is 10.3. The molecule has 0 aliphatic rings. The third kappa shape index (κ3) is 2.23. The average Bonchev–Trinajstić information content (AvgIpc) is 2.84. The van der Waals surface area contributed by atoms with Gasteiger partial charge in [-0.25, -0.2) is 4.98 Å². The predicted octanol–water partition coefficient (Wildman–Crippen LogP) is -0.330. The Morgan fingerprint density at radius 1 is 1.48 bits per heavy atom. The van der Waals surface area contributed by atoms with Gasteiger partial charge in [0.05, 0.1) is 10.9 Å². The molecule has 0 atom stereocenters. The normalized spacial score (nSPS) is 11.3. The van der Waals surface area contributed by atoms with Crippen molar-refractivity contribution in [2.75, 3.05) is 7.11 Å². The van der Waals surface area contributed by atoms with Gasteiger partial charge in [0.25, 0.3) is 11.3 Å². The number of aromatic nitrogens is 5. The van der Waals surface area contributed by atoms with Gasteiger partial charge in [-0.2, -0.15) is 9.50 Å². The number of aliphatic carboxylic acids is 1. The molecule has 0 amide bonds. The number of pyridine rings is 1. The number of nitrogens with zero attached hydrogens (tertiary/aromatic N) is 5. The van der Waals surface area contributed by atoms with Crippen LogP contribution in [0, 0.1) is 0 Å². The number of carboxylic acids is 1. The lowest BCUT2D eigenvalue weighted by Gasteiger charge is -2.04. The predicted molar refractivity (Wildman–Crippen MR) is 70.9 cm³/mol. The van der Waals surface area contributed by atoms with Crippen molar-refractivity contribution < 1.29 is 14.6 Å². The van der Waals surface area contributed by atoms with Gasteiger partial charge < -0.3 is 14.4 Å². The van der Waals surface area contributed by atoms with Gasteiger partial charge >= 0.3 is 5.97 Å². The molecule has 0 spiro atoms. The number of carbonyl (C=O) groups is 1. The summed E-state index contributed by atoms with van der Waals surface area (Å²) in [5.41, 5.74) is 0.0783. The van der Waals surface area contributed by atoms with E-state index in [-0.39, 0.29) is 12.0 Å². The van der Waals surface area contributed by atoms with Crippen LogP contribution in [-0.4, -0.2) is 42.3 Å². The van der Waals surface area contributed by atoms with Crippen molar-refractivity contribution in [3.63, 3.8) is 0 Å². The number of hydrogen-bond acceptors (Lipinski definition) is 6. The molecule has 0 saturated heterocycles. The number of hydrogen-bond donors (Lipinski definition) is 1. The standard InChI is InChI=1S/C12H11N5O4/c1-21-6-9-14-12-13-4-7-8(17(12)15-9)2-3-16(11(7)20)5-10(18)19/h2-4H,5-6H2,1H3,(H,18,19). The number of ether oxygens (including phenoxy) is 1. The van der Waals surface area contributed by atoms with Gasteiger partial charge in [-0.3, -0.25) is 9.59 Å². The Morgan fingerprint density at radius 2 is 2.29 bits per heavy atom. The first-order valence-electron chi connectivity index (χ1n) is 6.04. The zero-order valence-electron chi connectivity index (χ0n) is 11.1. The quantitative estimate of drug-likeness (QED) is 0.699. The molecule has 1 N–H and O–H groups in total. The molecule has 0 aliphatic carbocycles. The fourth-order valence-electron chi connectivity index (χ4n) is 2.06. The molecule has 0 saturated carbocycles. The van der Waals surface area contributed by atoms with Gasteiger partial charge in [-0.15, -0.1) is 5.10 Å². The van der Waals surface area contributed by atoms with E-state index in [0.717, 1.165) is 4.57 Å². The molecule has 0 aromatic carbocycles. The van der Waals surface area contributed by atoms with E-state index >= 15 is 0 Å². The molecule has 108 valence electrons. The molecule has 0 unspecified atom stereocenters. The first-order chi connectivity index (χ1) is 10.1. The van der Waals surface area contributed by atoms with Gasteiger partial charge in [-0.05, 0) is 6.07 Å². The summed E-state index contributed by atoms with van der Waals surface area (Å²) in [5, 5.41) is 13.3. The van der Waals surface area contributed by atoms with E-state index in [9.17, 15) is 9.59 Å². The Kier molecular flexibility index (Phi) is 3.10. The Balaban J connectivity index is 2.24. The summed E-state index contributed by atoms with van der Waals surface area (Å²) in [6.45, 7) is -0.167. The van der Waals surface area contributed by atoms with Crippen molar-refractivity contribution in [2.45, 2.75) is 13.2 Å². The van der Waals surface area contributed by atoms with E-state index in [0.29, 0.717) is 17.1 Å². The van der Waals surface area contributed by atoms with Crippen molar-refractivity contribution in [3.05, 3.63) is 34.6 Å². The maximum atomic E-state index is 12.2. The Morgan fingerprint density at radius 3 is 3.00 bits per heavy atom. The first kappa shape index (κ1) is 13.2. The van der Waals surface area contributed by atoms with Crippen molar-refractivity contribution in [1.29, 1.82) is 0 Å². The van der Waals surface area contributed by atoms with Gasteiger partial charge in [-0.1, -0.05) is 0 Å². The van der Waals surface area contributed by atoms with Crippen LogP contribution in [0.15, 0.2) is 23.3 Å². The third-order valence-corrected chi connectivity index (χ3v) is 2.93. The Bertz CT molecular complexity index is 898. The van der Waals surface area contributed by atoms with Crippen LogP contribution in [0.5, 0.6) is 0 Å². The SMILES string of the molecule is COCc1nc2ncc3c(=O)n(CC(=O)O)ccc3n2n1. The summed E-state index contributed by atoms with van der Waals surface area (Å²) in [5.74, 6) is -0.286. The minimum absolute atomic E-state index is 0.237. The van der Waals surface area contributed by atoms with Crippen LogP contribution in [-0.2, 0) is 22.7 Å². The maximum absolute atomic E-state index is 12.2. The number of carboxylic acid groups (broad SMARTS) is 1. The number of rotatable bonds is 4. The highest BCUT2D eigenvalue weighted by molar-refractivity contribution is 5.79. The van der Waals surface area contributed by atoms with Crippen molar-refractivity contribution in [3.8, 4) is 0 Å². The molecule has 0 bridgehead atoms. The molecule has 0 radical (unpaired) electrons. The molecule has 0 aliphatic heterocycles. The van der Waals surface area contributed by atoms with E-state index in [1.807, 2.05) is 0 Å². The van der Waals surface area contributed by atoms with E-state index in [2.05, 4.69) is 15.1 Å². The van der Waals surface area contributed by atoms with Crippen LogP contribution in [0.4, 0.5) is 0 Å². The highest BCUT2D eigenvalue weighted by atomic mass is 16.5. The molecule has 21 heavy (non-hydrogen) atoms. The lowest BCUT2D eigenvalue weighted by Crippen LogP contribution is -2.24. The van der Waals surface area contributed by atoms with Gasteiger partial charge in [0, 0.05) is 19.5 Å². The zero-order chi connectivity index (χ0) is 15.0. The molecule has 0 fully saturated rings. The molecule has 3 heterocycles. The number of fused-ring (bicyclic) bond motifs is 3. The van der Waals surface area contributed by atoms with Gasteiger partial charge in [0.1, 0.15) is 13.2 Å². The molecule has 3 aromatic rings. The fraction of sp³-hybridized carbons (Fsp3) is 0.250. The second-order valence-electron chi connectivity index (χ2n) is 4.37. The first-order valence-corrected chi connectivity index (χ1v) is 6.04. The van der Waals surface area contributed by atoms with Crippen LogP contribution < -0.4 is 5.56 Å². The average molecular weight is 289 g/mol. The van der Waals surface area contributed by atoms with Crippen LogP contribution in [0.25, 0.3) is 16.7 Å². The summed E-state index contributed by atoms with van der Waals surface area (Å²) in [7, 11) is 1.53. The zero-order valence-corrected chi connectivity index (χ0v) is 11.1. The van der Waals surface area contributed by atoms with Crippen LogP contribution >= 0.6 is 0 Å². The van der Waals surface area contributed by atoms with Gasteiger partial charge in [0.15, 0.2) is 5.82 Å². The van der Waals surface area contributed by atoms with E-state index in [1.165, 1.54) is 24.0 Å². The lowest BCUT2D eigenvalue weighted by molar-refractivity contribution is -0.137. The summed E-state index contributed by atoms with van der Waals surface area (Å²) >= 11 is 0. The van der Waals surface area contributed by atoms with Crippen LogP contribution in [0.2, 0.25) is 0 Å².